The van der Waals surface area contributed by atoms with Crippen molar-refractivity contribution in [3.05, 3.63) is 59.2 Å². The standard InChI is InChI=1S/C24H8F6N4O2/c25-23(26,27)35-11-1-3-13-14-5-6-16-19(20(14)22(34-10-32)17(13)7-11)15-4-2-12(36-24(28,29)30)8-18(15)21(16)33-9-31/h1-8H. The third kappa shape index (κ3) is 3.79. The Hall–Kier alpha value is -4.84. The molecule has 0 fully saturated rings. The Balaban J connectivity index is 1.95. The van der Waals surface area contributed by atoms with E-state index in [9.17, 15) is 36.9 Å². The molecule has 0 atom stereocenters. The van der Waals surface area contributed by atoms with Gasteiger partial charge in [0.1, 0.15) is 11.5 Å². The summed E-state index contributed by atoms with van der Waals surface area (Å²) in [4.78, 5) is 7.62. The number of ether oxygens (including phenoxy) is 2. The van der Waals surface area contributed by atoms with Crippen LogP contribution in [0.2, 0.25) is 0 Å². The highest BCUT2D eigenvalue weighted by Gasteiger charge is 2.32. The Bertz CT molecular complexity index is 1900. The normalized spacial score (nSPS) is 13.6. The molecular formula is C24H8F6N4O2. The summed E-state index contributed by atoms with van der Waals surface area (Å²) in [6.45, 7) is 0. The number of nitrogens with zero attached hydrogens (tertiary/aromatic N) is 4. The maximum atomic E-state index is 12.8. The highest BCUT2D eigenvalue weighted by Crippen LogP contribution is 2.37. The molecule has 5 aromatic rings. The Morgan fingerprint density at radius 3 is 1.56 bits per heavy atom. The highest BCUT2D eigenvalue weighted by molar-refractivity contribution is 6.28. The number of halogens is 6. The lowest BCUT2D eigenvalue weighted by molar-refractivity contribution is -0.275. The van der Waals surface area contributed by atoms with Crippen molar-refractivity contribution in [3.63, 3.8) is 0 Å². The van der Waals surface area contributed by atoms with Gasteiger partial charge in [-0.1, -0.05) is 12.1 Å². The Kier molecular flexibility index (Phi) is 5.00. The van der Waals surface area contributed by atoms with E-state index in [4.69, 9.17) is 0 Å². The largest absolute Gasteiger partial charge is 0.573 e. The molecule has 0 amide bonds. The quantitative estimate of drug-likeness (QED) is 0.229. The lowest BCUT2D eigenvalue weighted by Gasteiger charge is -2.08. The molecule has 0 N–H and O–H groups in total. The van der Waals surface area contributed by atoms with Crippen LogP contribution in [0.3, 0.4) is 0 Å². The van der Waals surface area contributed by atoms with Crippen molar-refractivity contribution in [1.29, 1.82) is 10.5 Å². The van der Waals surface area contributed by atoms with Crippen LogP contribution in [0.4, 0.5) is 26.3 Å². The Morgan fingerprint density at radius 1 is 0.556 bits per heavy atom. The molecule has 5 aromatic carbocycles. The first-order chi connectivity index (χ1) is 17.0. The van der Waals surface area contributed by atoms with Crippen LogP contribution in [-0.4, -0.2) is 12.7 Å². The summed E-state index contributed by atoms with van der Waals surface area (Å²) >= 11 is 0. The maximum absolute atomic E-state index is 12.8. The Labute approximate surface area is 195 Å². The molecule has 0 radical (unpaired) electrons. The smallest absolute Gasteiger partial charge is 0.406 e. The molecule has 0 aliphatic heterocycles. The summed E-state index contributed by atoms with van der Waals surface area (Å²) in [6.07, 6.45) is -6.61. The maximum Gasteiger partial charge on any atom is 0.573 e. The summed E-state index contributed by atoms with van der Waals surface area (Å²) < 4.78 is 84.6. The monoisotopic (exact) mass is 498 g/mol. The fraction of sp³-hybridized carbons (Fsp3) is 0.0833. The van der Waals surface area contributed by atoms with Gasteiger partial charge in [-0.15, -0.1) is 26.3 Å². The van der Waals surface area contributed by atoms with E-state index >= 15 is 0 Å². The van der Waals surface area contributed by atoms with Gasteiger partial charge in [0, 0.05) is 26.9 Å². The fourth-order valence-corrected chi connectivity index (χ4v) is 4.45. The summed E-state index contributed by atoms with van der Waals surface area (Å²) in [5.74, 6) is -1.04. The van der Waals surface area contributed by atoms with Crippen LogP contribution in [0, 0.1) is 22.9 Å². The van der Waals surface area contributed by atoms with Crippen LogP contribution in [-0.2, 0) is 0 Å². The van der Waals surface area contributed by atoms with E-state index in [1.807, 2.05) is 0 Å². The summed E-state index contributed by atoms with van der Waals surface area (Å²) in [7, 11) is 0. The van der Waals surface area contributed by atoms with Crippen LogP contribution >= 0.6 is 0 Å². The van der Waals surface area contributed by atoms with Gasteiger partial charge in [0.2, 0.25) is 12.4 Å². The van der Waals surface area contributed by atoms with Crippen molar-refractivity contribution in [1.82, 2.24) is 0 Å². The topological polar surface area (TPSA) is 90.8 Å². The zero-order valence-electron chi connectivity index (χ0n) is 17.5. The van der Waals surface area contributed by atoms with E-state index < -0.39 is 24.2 Å². The van der Waals surface area contributed by atoms with Gasteiger partial charge < -0.3 is 9.47 Å². The predicted molar refractivity (Wildman–Crippen MR) is 115 cm³/mol. The first kappa shape index (κ1) is 22.9. The highest BCUT2D eigenvalue weighted by atomic mass is 19.4. The number of alkyl halides is 6. The summed E-state index contributed by atoms with van der Waals surface area (Å²) in [5, 5.41) is 21.6. The number of benzene rings is 3. The van der Waals surface area contributed by atoms with Crippen LogP contribution in [0.1, 0.15) is 0 Å². The average molecular weight is 498 g/mol. The molecule has 0 saturated heterocycles. The van der Waals surface area contributed by atoms with Crippen molar-refractivity contribution in [2.75, 3.05) is 0 Å². The number of rotatable bonds is 2. The average Bonchev–Trinajstić information content (AvgIpc) is 3.25. The lowest BCUT2D eigenvalue weighted by atomic mass is 10.1. The molecule has 0 aromatic heterocycles. The van der Waals surface area contributed by atoms with E-state index in [0.717, 1.165) is 24.3 Å². The van der Waals surface area contributed by atoms with Gasteiger partial charge in [-0.3, -0.25) is 0 Å². The molecule has 0 spiro atoms. The molecule has 178 valence electrons. The van der Waals surface area contributed by atoms with Crippen LogP contribution in [0.5, 0.6) is 11.5 Å². The second-order valence-electron chi connectivity index (χ2n) is 7.54. The third-order valence-electron chi connectivity index (χ3n) is 5.54. The minimum atomic E-state index is -4.95. The molecule has 0 saturated carbocycles. The van der Waals surface area contributed by atoms with Gasteiger partial charge in [0.15, 0.2) is 0 Å². The van der Waals surface area contributed by atoms with Crippen molar-refractivity contribution in [2.24, 2.45) is 9.98 Å². The zero-order chi connectivity index (χ0) is 25.8. The van der Waals surface area contributed by atoms with Crippen molar-refractivity contribution in [3.8, 4) is 23.9 Å². The van der Waals surface area contributed by atoms with Gasteiger partial charge in [0.25, 0.3) is 0 Å². The van der Waals surface area contributed by atoms with Gasteiger partial charge in [0.05, 0.1) is 10.7 Å². The number of hydrogen-bond acceptors (Lipinski definition) is 6. The van der Waals surface area contributed by atoms with E-state index in [1.54, 1.807) is 24.5 Å². The Morgan fingerprint density at radius 2 is 1.00 bits per heavy atom. The molecule has 0 aliphatic carbocycles. The SMILES string of the molecule is N#CN=c1c2cc(OC(F)(F)F)ccc2c2c1ccc1c3ccc(OC(F)(F)F)cc3c(=NC#N)c12. The molecule has 5 rings (SSSR count). The first-order valence-corrected chi connectivity index (χ1v) is 9.93. The van der Waals surface area contributed by atoms with Crippen molar-refractivity contribution in [2.45, 2.75) is 12.7 Å². The van der Waals surface area contributed by atoms with E-state index in [0.29, 0.717) is 32.3 Å². The molecule has 6 nitrogen and oxygen atoms in total. The van der Waals surface area contributed by atoms with Crippen LogP contribution < -0.4 is 20.2 Å². The number of nitriles is 2. The summed E-state index contributed by atoms with van der Waals surface area (Å²) in [5.41, 5.74) is 0. The fourth-order valence-electron chi connectivity index (χ4n) is 4.45. The molecule has 0 aliphatic rings. The lowest BCUT2D eigenvalue weighted by Crippen LogP contribution is -2.17. The minimum absolute atomic E-state index is 0.0479. The predicted octanol–water partition coefficient (Wildman–Crippen LogP) is 5.74. The number of hydrogen-bond donors (Lipinski definition) is 0. The molecular weight excluding hydrogens is 490 g/mol. The molecule has 0 heterocycles. The van der Waals surface area contributed by atoms with E-state index in [2.05, 4.69) is 19.5 Å². The number of fused-ring (bicyclic) bond motifs is 7. The van der Waals surface area contributed by atoms with Crippen LogP contribution in [0.15, 0.2) is 58.5 Å². The van der Waals surface area contributed by atoms with E-state index in [-0.39, 0.29) is 21.5 Å². The van der Waals surface area contributed by atoms with Gasteiger partial charge in [-0.2, -0.15) is 20.5 Å². The second kappa shape index (κ2) is 7.85. The van der Waals surface area contributed by atoms with Gasteiger partial charge in [-0.05, 0) is 52.6 Å². The molecule has 12 heteroatoms. The van der Waals surface area contributed by atoms with Gasteiger partial charge >= 0.3 is 12.7 Å². The molecule has 36 heavy (non-hydrogen) atoms. The molecule has 0 bridgehead atoms. The van der Waals surface area contributed by atoms with Crippen molar-refractivity contribution >= 4 is 43.1 Å². The van der Waals surface area contributed by atoms with Gasteiger partial charge in [-0.25, -0.2) is 0 Å². The van der Waals surface area contributed by atoms with Crippen LogP contribution in [0.25, 0.3) is 43.1 Å². The summed E-state index contributed by atoms with van der Waals surface area (Å²) in [6, 6.07) is 10.3. The van der Waals surface area contributed by atoms with E-state index in [1.165, 1.54) is 12.1 Å². The second-order valence-corrected chi connectivity index (χ2v) is 7.54. The van der Waals surface area contributed by atoms with Crippen molar-refractivity contribution < 1.29 is 35.8 Å². The minimum Gasteiger partial charge on any atom is -0.406 e. The first-order valence-electron chi connectivity index (χ1n) is 9.93. The third-order valence-corrected chi connectivity index (χ3v) is 5.54. The molecule has 0 unspecified atom stereocenters. The zero-order valence-corrected chi connectivity index (χ0v) is 17.5.